The summed E-state index contributed by atoms with van der Waals surface area (Å²) in [6.07, 6.45) is 3.89. The molecule has 2 unspecified atom stereocenters. The number of nitrogens with two attached hydrogens (primary N) is 1. The van der Waals surface area contributed by atoms with Crippen LogP contribution in [-0.4, -0.2) is 6.04 Å². The van der Waals surface area contributed by atoms with Gasteiger partial charge in [-0.15, -0.1) is 0 Å². The van der Waals surface area contributed by atoms with Gasteiger partial charge in [0.2, 0.25) is 0 Å². The molecule has 0 amide bonds. The highest BCUT2D eigenvalue weighted by atomic mass is 14.7. The Morgan fingerprint density at radius 2 is 2.10 bits per heavy atom. The van der Waals surface area contributed by atoms with E-state index in [4.69, 9.17) is 5.73 Å². The molecule has 0 radical (unpaired) electrons. The zero-order valence-corrected chi connectivity index (χ0v) is 7.35. The van der Waals surface area contributed by atoms with Gasteiger partial charge in [0.05, 0.1) is 0 Å². The van der Waals surface area contributed by atoms with E-state index >= 15 is 0 Å². The van der Waals surface area contributed by atoms with Gasteiger partial charge in [-0.05, 0) is 24.2 Å². The van der Waals surface area contributed by atoms with E-state index in [-0.39, 0.29) is 0 Å². The third kappa shape index (κ3) is 1.07. The van der Waals surface area contributed by atoms with Crippen LogP contribution in [0.15, 0.2) is 0 Å². The number of hydrogen-bond donors (Lipinski definition) is 1. The van der Waals surface area contributed by atoms with Crippen molar-refractivity contribution in [2.45, 2.75) is 46.1 Å². The fourth-order valence-electron chi connectivity index (χ4n) is 1.93. The van der Waals surface area contributed by atoms with Gasteiger partial charge in [-0.25, -0.2) is 0 Å². The minimum Gasteiger partial charge on any atom is -0.327 e. The molecule has 1 aliphatic rings. The first-order valence-corrected chi connectivity index (χ1v) is 4.33. The Morgan fingerprint density at radius 1 is 1.50 bits per heavy atom. The van der Waals surface area contributed by atoms with E-state index in [1.807, 2.05) is 0 Å². The van der Waals surface area contributed by atoms with E-state index in [9.17, 15) is 0 Å². The molecular weight excluding hydrogens is 122 g/mol. The number of hydrogen-bond acceptors (Lipinski definition) is 1. The highest BCUT2D eigenvalue weighted by Crippen LogP contribution is 2.42. The maximum Gasteiger partial charge on any atom is 0.00953 e. The molecule has 10 heavy (non-hydrogen) atoms. The van der Waals surface area contributed by atoms with Gasteiger partial charge in [-0.1, -0.05) is 27.2 Å². The quantitative estimate of drug-likeness (QED) is 0.595. The normalized spacial score (nSPS) is 41.1. The topological polar surface area (TPSA) is 26.0 Å². The smallest absolute Gasteiger partial charge is 0.00953 e. The van der Waals surface area contributed by atoms with Gasteiger partial charge < -0.3 is 5.73 Å². The molecule has 1 rings (SSSR count). The van der Waals surface area contributed by atoms with E-state index in [0.717, 1.165) is 5.92 Å². The van der Waals surface area contributed by atoms with Crippen LogP contribution in [0.4, 0.5) is 0 Å². The molecule has 0 aromatic rings. The van der Waals surface area contributed by atoms with Gasteiger partial charge in [0.1, 0.15) is 0 Å². The summed E-state index contributed by atoms with van der Waals surface area (Å²) in [5.41, 5.74) is 6.44. The SMILES string of the molecule is CC(C)C1(C)CCCC1N. The van der Waals surface area contributed by atoms with Crippen molar-refractivity contribution in [2.75, 3.05) is 0 Å². The molecule has 1 fully saturated rings. The van der Waals surface area contributed by atoms with Crippen LogP contribution >= 0.6 is 0 Å². The molecule has 60 valence electrons. The summed E-state index contributed by atoms with van der Waals surface area (Å²) in [5, 5.41) is 0. The van der Waals surface area contributed by atoms with Crippen LogP contribution in [0.3, 0.4) is 0 Å². The minimum absolute atomic E-state index is 0.431. The second-order valence-electron chi connectivity index (χ2n) is 4.16. The molecule has 1 heteroatoms. The van der Waals surface area contributed by atoms with Gasteiger partial charge in [0.25, 0.3) is 0 Å². The molecule has 2 atom stereocenters. The van der Waals surface area contributed by atoms with Gasteiger partial charge >= 0.3 is 0 Å². The molecule has 0 aliphatic heterocycles. The van der Waals surface area contributed by atoms with Crippen molar-refractivity contribution in [1.82, 2.24) is 0 Å². The summed E-state index contributed by atoms with van der Waals surface area (Å²) in [5.74, 6) is 0.741. The van der Waals surface area contributed by atoms with Crippen LogP contribution in [0, 0.1) is 11.3 Å². The van der Waals surface area contributed by atoms with Crippen molar-refractivity contribution >= 4 is 0 Å². The third-order valence-corrected chi connectivity index (χ3v) is 3.40. The molecule has 0 heterocycles. The summed E-state index contributed by atoms with van der Waals surface area (Å²) in [6, 6.07) is 0.451. The first kappa shape index (κ1) is 8.06. The first-order chi connectivity index (χ1) is 4.57. The van der Waals surface area contributed by atoms with E-state index in [0.29, 0.717) is 11.5 Å². The second-order valence-corrected chi connectivity index (χ2v) is 4.16. The van der Waals surface area contributed by atoms with Gasteiger partial charge in [-0.3, -0.25) is 0 Å². The Hall–Kier alpha value is -0.0400. The minimum atomic E-state index is 0.431. The van der Waals surface area contributed by atoms with Crippen molar-refractivity contribution in [3.05, 3.63) is 0 Å². The van der Waals surface area contributed by atoms with Crippen LogP contribution in [0.1, 0.15) is 40.0 Å². The van der Waals surface area contributed by atoms with Crippen molar-refractivity contribution in [3.8, 4) is 0 Å². The molecule has 1 aliphatic carbocycles. The standard InChI is InChI=1S/C9H19N/c1-7(2)9(3)6-4-5-8(9)10/h7-8H,4-6,10H2,1-3H3. The molecule has 1 nitrogen and oxygen atoms in total. The monoisotopic (exact) mass is 141 g/mol. The summed E-state index contributed by atoms with van der Waals surface area (Å²) in [4.78, 5) is 0. The largest absolute Gasteiger partial charge is 0.327 e. The third-order valence-electron chi connectivity index (χ3n) is 3.40. The highest BCUT2D eigenvalue weighted by Gasteiger charge is 2.38. The predicted octanol–water partition coefficient (Wildman–Crippen LogP) is 2.16. The Kier molecular flexibility index (Phi) is 2.04. The summed E-state index contributed by atoms with van der Waals surface area (Å²) < 4.78 is 0. The van der Waals surface area contributed by atoms with Crippen molar-refractivity contribution in [3.63, 3.8) is 0 Å². The summed E-state index contributed by atoms with van der Waals surface area (Å²) in [7, 11) is 0. The predicted molar refractivity (Wildman–Crippen MR) is 44.8 cm³/mol. The van der Waals surface area contributed by atoms with Crippen LogP contribution in [0.25, 0.3) is 0 Å². The Balaban J connectivity index is 2.66. The summed E-state index contributed by atoms with van der Waals surface area (Å²) >= 11 is 0. The molecule has 2 N–H and O–H groups in total. The zero-order chi connectivity index (χ0) is 7.78. The molecule has 1 saturated carbocycles. The Labute approximate surface area is 64.0 Å². The average Bonchev–Trinajstić information content (AvgIpc) is 2.15. The number of rotatable bonds is 1. The van der Waals surface area contributed by atoms with E-state index in [2.05, 4.69) is 20.8 Å². The van der Waals surface area contributed by atoms with Crippen LogP contribution in [-0.2, 0) is 0 Å². The lowest BCUT2D eigenvalue weighted by atomic mass is 9.75. The van der Waals surface area contributed by atoms with E-state index < -0.39 is 0 Å². The molecule has 0 spiro atoms. The fraction of sp³-hybridized carbons (Fsp3) is 1.00. The Morgan fingerprint density at radius 3 is 2.30 bits per heavy atom. The molecule has 0 aromatic heterocycles. The molecule has 0 aromatic carbocycles. The molecular formula is C9H19N. The maximum absolute atomic E-state index is 6.01. The first-order valence-electron chi connectivity index (χ1n) is 4.33. The van der Waals surface area contributed by atoms with Crippen molar-refractivity contribution < 1.29 is 0 Å². The van der Waals surface area contributed by atoms with Gasteiger partial charge in [-0.2, -0.15) is 0 Å². The van der Waals surface area contributed by atoms with Crippen LogP contribution in [0.2, 0.25) is 0 Å². The highest BCUT2D eigenvalue weighted by molar-refractivity contribution is 4.93. The second kappa shape index (κ2) is 2.54. The zero-order valence-electron chi connectivity index (χ0n) is 7.35. The average molecular weight is 141 g/mol. The van der Waals surface area contributed by atoms with Gasteiger partial charge in [0, 0.05) is 6.04 Å². The fourth-order valence-corrected chi connectivity index (χ4v) is 1.93. The van der Waals surface area contributed by atoms with Gasteiger partial charge in [0.15, 0.2) is 0 Å². The van der Waals surface area contributed by atoms with Crippen molar-refractivity contribution in [2.24, 2.45) is 17.1 Å². The Bertz CT molecular complexity index is 120. The molecule has 0 bridgehead atoms. The van der Waals surface area contributed by atoms with E-state index in [1.54, 1.807) is 0 Å². The lowest BCUT2D eigenvalue weighted by Crippen LogP contribution is -2.38. The van der Waals surface area contributed by atoms with Crippen LogP contribution in [0.5, 0.6) is 0 Å². The summed E-state index contributed by atoms with van der Waals surface area (Å²) in [6.45, 7) is 6.89. The molecule has 0 saturated heterocycles. The maximum atomic E-state index is 6.01. The lowest BCUT2D eigenvalue weighted by Gasteiger charge is -2.33. The van der Waals surface area contributed by atoms with Crippen LogP contribution < -0.4 is 5.73 Å². The lowest BCUT2D eigenvalue weighted by molar-refractivity contribution is 0.198. The van der Waals surface area contributed by atoms with E-state index in [1.165, 1.54) is 19.3 Å². The van der Waals surface area contributed by atoms with Crippen molar-refractivity contribution in [1.29, 1.82) is 0 Å².